The van der Waals surface area contributed by atoms with Crippen LogP contribution in [0, 0.1) is 18.3 Å². The number of hydrogen-bond acceptors (Lipinski definition) is 2. The van der Waals surface area contributed by atoms with Crippen LogP contribution in [0.15, 0.2) is 42.1 Å². The minimum absolute atomic E-state index is 0.0202. The largest absolute Gasteiger partial charge is 0.362 e. The molecule has 2 N–H and O–H groups in total. The second kappa shape index (κ2) is 6.09. The number of aromatic nitrogens is 1. The van der Waals surface area contributed by atoms with Crippen molar-refractivity contribution >= 4 is 29.3 Å². The molecule has 0 aliphatic rings. The molecule has 0 radical (unpaired) electrons. The lowest BCUT2D eigenvalue weighted by Gasteiger charge is -2.08. The van der Waals surface area contributed by atoms with Crippen LogP contribution < -0.4 is 5.32 Å². The molecule has 2 aromatic rings. The SMILES string of the molecule is Cc1c(Cl)cccc1NC(=O)/C(C#N)=C\c1ccc[nH]1. The highest BCUT2D eigenvalue weighted by Gasteiger charge is 2.11. The highest BCUT2D eigenvalue weighted by Crippen LogP contribution is 2.23. The molecule has 0 spiro atoms. The number of aromatic amines is 1. The number of H-pyrrole nitrogens is 1. The number of rotatable bonds is 3. The molecule has 5 heteroatoms. The van der Waals surface area contributed by atoms with Crippen LogP contribution in [-0.4, -0.2) is 10.9 Å². The zero-order valence-corrected chi connectivity index (χ0v) is 11.5. The van der Waals surface area contributed by atoms with Gasteiger partial charge >= 0.3 is 0 Å². The van der Waals surface area contributed by atoms with Gasteiger partial charge in [0.2, 0.25) is 0 Å². The predicted octanol–water partition coefficient (Wildman–Crippen LogP) is 3.52. The van der Waals surface area contributed by atoms with Crippen molar-refractivity contribution in [3.63, 3.8) is 0 Å². The molecule has 0 saturated carbocycles. The molecule has 1 amide bonds. The fourth-order valence-corrected chi connectivity index (χ4v) is 1.85. The van der Waals surface area contributed by atoms with Crippen LogP contribution in [0.2, 0.25) is 5.02 Å². The van der Waals surface area contributed by atoms with Gasteiger partial charge in [-0.25, -0.2) is 0 Å². The number of nitrogens with zero attached hydrogens (tertiary/aromatic N) is 1. The van der Waals surface area contributed by atoms with E-state index in [2.05, 4.69) is 10.3 Å². The number of amides is 1. The summed E-state index contributed by atoms with van der Waals surface area (Å²) < 4.78 is 0. The van der Waals surface area contributed by atoms with Crippen molar-refractivity contribution in [2.24, 2.45) is 0 Å². The Labute approximate surface area is 121 Å². The highest BCUT2D eigenvalue weighted by atomic mass is 35.5. The molecule has 1 heterocycles. The lowest BCUT2D eigenvalue weighted by Crippen LogP contribution is -2.14. The van der Waals surface area contributed by atoms with Gasteiger partial charge in [0.15, 0.2) is 0 Å². The van der Waals surface area contributed by atoms with Crippen molar-refractivity contribution in [1.29, 1.82) is 5.26 Å². The van der Waals surface area contributed by atoms with E-state index in [1.54, 1.807) is 43.5 Å². The monoisotopic (exact) mass is 285 g/mol. The van der Waals surface area contributed by atoms with Crippen molar-refractivity contribution in [3.8, 4) is 6.07 Å². The Morgan fingerprint density at radius 2 is 2.20 bits per heavy atom. The van der Waals surface area contributed by atoms with Gasteiger partial charge in [0.25, 0.3) is 5.91 Å². The number of nitriles is 1. The third kappa shape index (κ3) is 3.08. The van der Waals surface area contributed by atoms with Crippen LogP contribution in [0.5, 0.6) is 0 Å². The van der Waals surface area contributed by atoms with Crippen LogP contribution in [0.25, 0.3) is 6.08 Å². The third-order valence-electron chi connectivity index (χ3n) is 2.80. The topological polar surface area (TPSA) is 68.7 Å². The Bertz CT molecular complexity index is 696. The van der Waals surface area contributed by atoms with Gasteiger partial charge in [0.1, 0.15) is 11.6 Å². The summed E-state index contributed by atoms with van der Waals surface area (Å²) in [6.45, 7) is 1.80. The number of nitrogens with one attached hydrogen (secondary N) is 2. The molecule has 2 rings (SSSR count). The van der Waals surface area contributed by atoms with E-state index in [0.717, 1.165) is 5.56 Å². The maximum absolute atomic E-state index is 12.1. The molecule has 0 fully saturated rings. The van der Waals surface area contributed by atoms with Gasteiger partial charge in [0, 0.05) is 22.6 Å². The summed E-state index contributed by atoms with van der Waals surface area (Å²) in [5.41, 5.74) is 2.07. The van der Waals surface area contributed by atoms with Crippen molar-refractivity contribution in [3.05, 3.63) is 58.4 Å². The minimum atomic E-state index is -0.465. The highest BCUT2D eigenvalue weighted by molar-refractivity contribution is 6.31. The first kappa shape index (κ1) is 13.9. The summed E-state index contributed by atoms with van der Waals surface area (Å²) in [6, 6.07) is 10.7. The molecule has 100 valence electrons. The molecule has 1 aromatic carbocycles. The van der Waals surface area contributed by atoms with E-state index in [-0.39, 0.29) is 5.57 Å². The summed E-state index contributed by atoms with van der Waals surface area (Å²) in [5.74, 6) is -0.465. The summed E-state index contributed by atoms with van der Waals surface area (Å²) >= 11 is 5.99. The molecule has 0 atom stereocenters. The van der Waals surface area contributed by atoms with Crippen molar-refractivity contribution in [1.82, 2.24) is 4.98 Å². The average molecular weight is 286 g/mol. The van der Waals surface area contributed by atoms with E-state index >= 15 is 0 Å². The third-order valence-corrected chi connectivity index (χ3v) is 3.21. The molecule has 0 aliphatic carbocycles. The van der Waals surface area contributed by atoms with Gasteiger partial charge < -0.3 is 10.3 Å². The first-order valence-corrected chi connectivity index (χ1v) is 6.31. The first-order chi connectivity index (χ1) is 9.61. The normalized spacial score (nSPS) is 10.9. The zero-order chi connectivity index (χ0) is 14.5. The maximum Gasteiger partial charge on any atom is 0.266 e. The second-order valence-corrected chi connectivity index (χ2v) is 4.57. The number of hydrogen-bond donors (Lipinski definition) is 2. The van der Waals surface area contributed by atoms with Crippen LogP contribution in [-0.2, 0) is 4.79 Å². The Morgan fingerprint density at radius 1 is 1.40 bits per heavy atom. The summed E-state index contributed by atoms with van der Waals surface area (Å²) in [6.07, 6.45) is 3.22. The van der Waals surface area contributed by atoms with E-state index in [9.17, 15) is 4.79 Å². The molecule has 0 aliphatic heterocycles. The van der Waals surface area contributed by atoms with E-state index in [0.29, 0.717) is 16.4 Å². The van der Waals surface area contributed by atoms with Crippen molar-refractivity contribution in [2.45, 2.75) is 6.92 Å². The van der Waals surface area contributed by atoms with Gasteiger partial charge in [0.05, 0.1) is 0 Å². The number of halogens is 1. The predicted molar refractivity (Wildman–Crippen MR) is 79.2 cm³/mol. The molecule has 1 aromatic heterocycles. The fraction of sp³-hybridized carbons (Fsp3) is 0.0667. The molecule has 0 saturated heterocycles. The van der Waals surface area contributed by atoms with Gasteiger partial charge in [-0.15, -0.1) is 0 Å². The first-order valence-electron chi connectivity index (χ1n) is 5.93. The van der Waals surface area contributed by atoms with E-state index in [4.69, 9.17) is 16.9 Å². The van der Waals surface area contributed by atoms with E-state index in [1.807, 2.05) is 6.07 Å². The van der Waals surface area contributed by atoms with Crippen LogP contribution in [0.1, 0.15) is 11.3 Å². The summed E-state index contributed by atoms with van der Waals surface area (Å²) in [4.78, 5) is 15.0. The standard InChI is InChI=1S/C15H12ClN3O/c1-10-13(16)5-2-6-14(10)19-15(20)11(9-17)8-12-4-3-7-18-12/h2-8,18H,1H3,(H,19,20)/b11-8-. The molecule has 20 heavy (non-hydrogen) atoms. The molecule has 0 bridgehead atoms. The van der Waals surface area contributed by atoms with Crippen LogP contribution >= 0.6 is 11.6 Å². The summed E-state index contributed by atoms with van der Waals surface area (Å²) in [5, 5.41) is 12.3. The van der Waals surface area contributed by atoms with E-state index < -0.39 is 5.91 Å². The Morgan fingerprint density at radius 3 is 2.85 bits per heavy atom. The average Bonchev–Trinajstić information content (AvgIpc) is 2.94. The quantitative estimate of drug-likeness (QED) is 0.669. The van der Waals surface area contributed by atoms with Crippen LogP contribution in [0.4, 0.5) is 5.69 Å². The Balaban J connectivity index is 2.23. The van der Waals surface area contributed by atoms with E-state index in [1.165, 1.54) is 6.08 Å². The van der Waals surface area contributed by atoms with Crippen molar-refractivity contribution in [2.75, 3.05) is 5.32 Å². The second-order valence-electron chi connectivity index (χ2n) is 4.16. The summed E-state index contributed by atoms with van der Waals surface area (Å²) in [7, 11) is 0. The van der Waals surface area contributed by atoms with Gasteiger partial charge in [-0.05, 0) is 42.8 Å². The number of carbonyl (C=O) groups excluding carboxylic acids is 1. The van der Waals surface area contributed by atoms with Gasteiger partial charge in [-0.1, -0.05) is 17.7 Å². The molecular weight excluding hydrogens is 274 g/mol. The lowest BCUT2D eigenvalue weighted by atomic mass is 10.1. The Kier molecular flexibility index (Phi) is 4.24. The van der Waals surface area contributed by atoms with Gasteiger partial charge in [-0.3, -0.25) is 4.79 Å². The minimum Gasteiger partial charge on any atom is -0.362 e. The fourth-order valence-electron chi connectivity index (χ4n) is 1.67. The molecule has 0 unspecified atom stereocenters. The van der Waals surface area contributed by atoms with Gasteiger partial charge in [-0.2, -0.15) is 5.26 Å². The molecule has 4 nitrogen and oxygen atoms in total. The van der Waals surface area contributed by atoms with Crippen molar-refractivity contribution < 1.29 is 4.79 Å². The molecular formula is C15H12ClN3O. The number of anilines is 1. The van der Waals surface area contributed by atoms with Crippen LogP contribution in [0.3, 0.4) is 0 Å². The smallest absolute Gasteiger partial charge is 0.266 e. The zero-order valence-electron chi connectivity index (χ0n) is 10.8. The number of benzene rings is 1. The Hall–Kier alpha value is -2.51. The maximum atomic E-state index is 12.1. The lowest BCUT2D eigenvalue weighted by molar-refractivity contribution is -0.112. The number of carbonyl (C=O) groups is 1.